The topological polar surface area (TPSA) is 55.2 Å². The molecule has 0 amide bonds. The van der Waals surface area contributed by atoms with Crippen molar-refractivity contribution < 1.29 is 9.84 Å². The average molecular weight is 224 g/mol. The van der Waals surface area contributed by atoms with Gasteiger partial charge in [-0.05, 0) is 12.3 Å². The van der Waals surface area contributed by atoms with Crippen molar-refractivity contribution in [2.24, 2.45) is 5.92 Å². The molecule has 0 radical (unpaired) electrons. The zero-order valence-electron chi connectivity index (χ0n) is 10.2. The maximum Gasteiger partial charge on any atom is 0.216 e. The van der Waals surface area contributed by atoms with Gasteiger partial charge in [0.1, 0.15) is 6.33 Å². The number of ether oxygens (including phenoxy) is 1. The molecule has 0 saturated heterocycles. The first-order chi connectivity index (χ1) is 7.63. The molecule has 1 atom stereocenters. The summed E-state index contributed by atoms with van der Waals surface area (Å²) in [6.07, 6.45) is 2.61. The lowest BCUT2D eigenvalue weighted by atomic mass is 10.0. The Morgan fingerprint density at radius 3 is 2.75 bits per heavy atom. The maximum absolute atomic E-state index is 9.75. The molecule has 1 rings (SSSR count). The van der Waals surface area contributed by atoms with Crippen LogP contribution in [0.3, 0.4) is 0 Å². The van der Waals surface area contributed by atoms with Gasteiger partial charge in [0.15, 0.2) is 0 Å². The van der Waals surface area contributed by atoms with E-state index in [0.29, 0.717) is 18.9 Å². The summed E-state index contributed by atoms with van der Waals surface area (Å²) < 4.78 is 5.41. The Kier molecular flexibility index (Phi) is 5.19. The highest BCUT2D eigenvalue weighted by Crippen LogP contribution is 2.12. The van der Waals surface area contributed by atoms with Gasteiger partial charge in [-0.3, -0.25) is 0 Å². The number of rotatable bonds is 6. The Bertz CT molecular complexity index is 316. The zero-order chi connectivity index (χ0) is 12.0. The van der Waals surface area contributed by atoms with Crippen LogP contribution in [-0.4, -0.2) is 27.8 Å². The van der Waals surface area contributed by atoms with E-state index in [9.17, 15) is 5.11 Å². The van der Waals surface area contributed by atoms with Crippen LogP contribution in [0.1, 0.15) is 32.9 Å². The van der Waals surface area contributed by atoms with Crippen LogP contribution in [0.15, 0.2) is 12.4 Å². The van der Waals surface area contributed by atoms with Crippen LogP contribution >= 0.6 is 0 Å². The fraction of sp³-hybridized carbons (Fsp3) is 0.667. The van der Waals surface area contributed by atoms with E-state index in [4.69, 9.17) is 4.74 Å². The van der Waals surface area contributed by atoms with Crippen molar-refractivity contribution in [3.05, 3.63) is 18.1 Å². The molecule has 0 aliphatic carbocycles. The van der Waals surface area contributed by atoms with E-state index in [1.807, 2.05) is 20.8 Å². The highest BCUT2D eigenvalue weighted by atomic mass is 16.5. The van der Waals surface area contributed by atoms with Gasteiger partial charge in [0.05, 0.1) is 18.4 Å². The van der Waals surface area contributed by atoms with Gasteiger partial charge < -0.3 is 9.84 Å². The first-order valence-electron chi connectivity index (χ1n) is 5.75. The first kappa shape index (κ1) is 12.9. The molecule has 4 heteroatoms. The summed E-state index contributed by atoms with van der Waals surface area (Å²) in [6, 6.07) is 1.79. The normalized spacial score (nSPS) is 12.8. The molecule has 1 heterocycles. The number of aromatic nitrogens is 2. The van der Waals surface area contributed by atoms with Crippen LogP contribution in [-0.2, 0) is 6.42 Å². The Morgan fingerprint density at radius 1 is 1.38 bits per heavy atom. The van der Waals surface area contributed by atoms with Gasteiger partial charge in [0.25, 0.3) is 0 Å². The molecule has 0 spiro atoms. The second-order valence-electron chi connectivity index (χ2n) is 4.21. The predicted octanol–water partition coefficient (Wildman–Crippen LogP) is 1.82. The molecule has 16 heavy (non-hydrogen) atoms. The van der Waals surface area contributed by atoms with Crippen molar-refractivity contribution in [2.75, 3.05) is 6.61 Å². The van der Waals surface area contributed by atoms with E-state index < -0.39 is 0 Å². The quantitative estimate of drug-likeness (QED) is 0.801. The molecule has 0 fully saturated rings. The smallest absolute Gasteiger partial charge is 0.216 e. The van der Waals surface area contributed by atoms with Gasteiger partial charge in [-0.25, -0.2) is 9.97 Å². The summed E-state index contributed by atoms with van der Waals surface area (Å²) in [5, 5.41) is 9.75. The lowest BCUT2D eigenvalue weighted by Crippen LogP contribution is -2.18. The second kappa shape index (κ2) is 6.43. The second-order valence-corrected chi connectivity index (χ2v) is 4.21. The third-order valence-corrected chi connectivity index (χ3v) is 2.34. The molecule has 0 bridgehead atoms. The highest BCUT2D eigenvalue weighted by molar-refractivity contribution is 5.14. The van der Waals surface area contributed by atoms with E-state index in [2.05, 4.69) is 9.97 Å². The third kappa shape index (κ3) is 4.14. The van der Waals surface area contributed by atoms with Crippen molar-refractivity contribution in [2.45, 2.75) is 39.7 Å². The standard InChI is InChI=1S/C12H20N2O2/c1-4-5-16-12-7-10(13-8-14-12)6-11(15)9(2)3/h7-9,11,15H,4-6H2,1-3H3. The summed E-state index contributed by atoms with van der Waals surface area (Å²) in [5.74, 6) is 0.817. The largest absolute Gasteiger partial charge is 0.478 e. The van der Waals surface area contributed by atoms with Crippen LogP contribution in [0.5, 0.6) is 5.88 Å². The molecule has 1 aromatic rings. The molecule has 1 aromatic heterocycles. The van der Waals surface area contributed by atoms with E-state index >= 15 is 0 Å². The Hall–Kier alpha value is -1.16. The van der Waals surface area contributed by atoms with Gasteiger partial charge in [-0.2, -0.15) is 0 Å². The van der Waals surface area contributed by atoms with Crippen molar-refractivity contribution in [1.82, 2.24) is 9.97 Å². The van der Waals surface area contributed by atoms with Gasteiger partial charge in [0.2, 0.25) is 5.88 Å². The van der Waals surface area contributed by atoms with Crippen molar-refractivity contribution >= 4 is 0 Å². The molecule has 0 aliphatic heterocycles. The SMILES string of the molecule is CCCOc1cc(CC(O)C(C)C)ncn1. The molecular formula is C12H20N2O2. The number of hydrogen-bond donors (Lipinski definition) is 1. The minimum Gasteiger partial charge on any atom is -0.478 e. The maximum atomic E-state index is 9.75. The minimum absolute atomic E-state index is 0.231. The molecule has 90 valence electrons. The Balaban J connectivity index is 2.59. The minimum atomic E-state index is -0.367. The Labute approximate surface area is 96.7 Å². The molecule has 1 N–H and O–H groups in total. The number of nitrogens with zero attached hydrogens (tertiary/aromatic N) is 2. The summed E-state index contributed by atoms with van der Waals surface area (Å²) in [4.78, 5) is 8.13. The van der Waals surface area contributed by atoms with Crippen LogP contribution in [0.2, 0.25) is 0 Å². The number of hydrogen-bond acceptors (Lipinski definition) is 4. The summed E-state index contributed by atoms with van der Waals surface area (Å²) in [7, 11) is 0. The zero-order valence-corrected chi connectivity index (χ0v) is 10.2. The van der Waals surface area contributed by atoms with Crippen LogP contribution < -0.4 is 4.74 Å². The summed E-state index contributed by atoms with van der Waals surface area (Å²) >= 11 is 0. The monoisotopic (exact) mass is 224 g/mol. The van der Waals surface area contributed by atoms with Gasteiger partial charge >= 0.3 is 0 Å². The van der Waals surface area contributed by atoms with Crippen molar-refractivity contribution in [1.29, 1.82) is 0 Å². The fourth-order valence-corrected chi connectivity index (χ4v) is 1.22. The Morgan fingerprint density at radius 2 is 2.12 bits per heavy atom. The third-order valence-electron chi connectivity index (χ3n) is 2.34. The molecular weight excluding hydrogens is 204 g/mol. The van der Waals surface area contributed by atoms with Crippen LogP contribution in [0, 0.1) is 5.92 Å². The lowest BCUT2D eigenvalue weighted by Gasteiger charge is -2.13. The van der Waals surface area contributed by atoms with Crippen molar-refractivity contribution in [3.63, 3.8) is 0 Å². The van der Waals surface area contributed by atoms with E-state index in [1.54, 1.807) is 6.07 Å². The molecule has 1 unspecified atom stereocenters. The van der Waals surface area contributed by atoms with E-state index in [-0.39, 0.29) is 12.0 Å². The number of aliphatic hydroxyl groups excluding tert-OH is 1. The fourth-order valence-electron chi connectivity index (χ4n) is 1.22. The predicted molar refractivity (Wildman–Crippen MR) is 62.4 cm³/mol. The van der Waals surface area contributed by atoms with Crippen LogP contribution in [0.4, 0.5) is 0 Å². The first-order valence-corrected chi connectivity index (χ1v) is 5.75. The average Bonchev–Trinajstić information content (AvgIpc) is 2.26. The highest BCUT2D eigenvalue weighted by Gasteiger charge is 2.11. The van der Waals surface area contributed by atoms with E-state index in [0.717, 1.165) is 12.1 Å². The number of aliphatic hydroxyl groups is 1. The molecule has 0 aromatic carbocycles. The molecule has 0 aliphatic rings. The van der Waals surface area contributed by atoms with E-state index in [1.165, 1.54) is 6.33 Å². The van der Waals surface area contributed by atoms with Gasteiger partial charge in [0, 0.05) is 12.5 Å². The molecule has 0 saturated carbocycles. The van der Waals surface area contributed by atoms with Crippen LogP contribution in [0.25, 0.3) is 0 Å². The van der Waals surface area contributed by atoms with Gasteiger partial charge in [-0.1, -0.05) is 20.8 Å². The van der Waals surface area contributed by atoms with Crippen molar-refractivity contribution in [3.8, 4) is 5.88 Å². The summed E-state index contributed by atoms with van der Waals surface area (Å²) in [5.41, 5.74) is 0.822. The summed E-state index contributed by atoms with van der Waals surface area (Å²) in [6.45, 7) is 6.68. The lowest BCUT2D eigenvalue weighted by molar-refractivity contribution is 0.124. The molecule has 4 nitrogen and oxygen atoms in total. The van der Waals surface area contributed by atoms with Gasteiger partial charge in [-0.15, -0.1) is 0 Å².